The van der Waals surface area contributed by atoms with Gasteiger partial charge in [-0.25, -0.2) is 0 Å². The number of hydrogen-bond acceptors (Lipinski definition) is 3. The van der Waals surface area contributed by atoms with Gasteiger partial charge in [0.1, 0.15) is 5.78 Å². The third-order valence-corrected chi connectivity index (χ3v) is 2.62. The second kappa shape index (κ2) is 6.31. The Morgan fingerprint density at radius 1 is 1.17 bits per heavy atom. The molecule has 1 atom stereocenters. The van der Waals surface area contributed by atoms with Crippen molar-refractivity contribution >= 4 is 11.8 Å². The van der Waals surface area contributed by atoms with E-state index in [0.29, 0.717) is 0 Å². The zero-order chi connectivity index (χ0) is 13.1. The molecule has 1 aromatic rings. The minimum atomic E-state index is -1.30. The molecule has 0 aliphatic heterocycles. The number of carbonyl (C=O) groups excluding carboxylic acids is 2. The highest BCUT2D eigenvalue weighted by molar-refractivity contribution is 6.00. The number of aliphatic carboxylic acids is 1. The fraction of sp³-hybridized carbons (Fsp3) is 0.429. The first kappa shape index (κ1) is 16.3. The lowest BCUT2D eigenvalue weighted by atomic mass is 9.80. The lowest BCUT2D eigenvalue weighted by Gasteiger charge is -2.25. The third-order valence-electron chi connectivity index (χ3n) is 2.62. The van der Waals surface area contributed by atoms with E-state index in [0.717, 1.165) is 5.56 Å². The van der Waals surface area contributed by atoms with Gasteiger partial charge in [-0.3, -0.25) is 4.79 Å². The monoisotopic (exact) mass is 251 g/mol. The molecule has 18 heavy (non-hydrogen) atoms. The molecule has 0 heterocycles. The average Bonchev–Trinajstić information content (AvgIpc) is 2.24. The lowest BCUT2D eigenvalue weighted by Crippen LogP contribution is -2.42. The van der Waals surface area contributed by atoms with Crippen molar-refractivity contribution in [3.05, 3.63) is 35.9 Å². The molecule has 1 unspecified atom stereocenters. The molecule has 0 saturated heterocycles. The van der Waals surface area contributed by atoms with Crippen LogP contribution in [0.4, 0.5) is 0 Å². The molecule has 0 radical (unpaired) electrons. The van der Waals surface area contributed by atoms with Crippen LogP contribution in [0.1, 0.15) is 26.3 Å². The summed E-state index contributed by atoms with van der Waals surface area (Å²) in [7, 11) is 0. The molecule has 4 nitrogen and oxygen atoms in total. The van der Waals surface area contributed by atoms with Crippen molar-refractivity contribution in [1.82, 2.24) is 6.15 Å². The van der Waals surface area contributed by atoms with Crippen molar-refractivity contribution in [3.63, 3.8) is 0 Å². The predicted octanol–water partition coefficient (Wildman–Crippen LogP) is 1.59. The fourth-order valence-corrected chi connectivity index (χ4v) is 1.66. The highest BCUT2D eigenvalue weighted by Crippen LogP contribution is 2.22. The van der Waals surface area contributed by atoms with Gasteiger partial charge in [0, 0.05) is 5.41 Å². The largest absolute Gasteiger partial charge is 0.549 e. The molecule has 100 valence electrons. The van der Waals surface area contributed by atoms with E-state index >= 15 is 0 Å². The van der Waals surface area contributed by atoms with Crippen LogP contribution in [-0.4, -0.2) is 11.8 Å². The van der Waals surface area contributed by atoms with Gasteiger partial charge < -0.3 is 16.1 Å². The predicted molar refractivity (Wildman–Crippen MR) is 69.1 cm³/mol. The second-order valence-electron chi connectivity index (χ2n) is 5.18. The summed E-state index contributed by atoms with van der Waals surface area (Å²) in [6.45, 7) is 5.16. The van der Waals surface area contributed by atoms with E-state index in [1.807, 2.05) is 30.3 Å². The molecule has 0 spiro atoms. The van der Waals surface area contributed by atoms with E-state index in [2.05, 4.69) is 0 Å². The Morgan fingerprint density at radius 3 is 2.06 bits per heavy atom. The molecule has 0 aliphatic carbocycles. The Hall–Kier alpha value is -1.68. The Labute approximate surface area is 108 Å². The summed E-state index contributed by atoms with van der Waals surface area (Å²) in [5, 5.41) is 11.1. The van der Waals surface area contributed by atoms with Crippen LogP contribution in [0.3, 0.4) is 0 Å². The van der Waals surface area contributed by atoms with E-state index in [9.17, 15) is 14.7 Å². The van der Waals surface area contributed by atoms with Crippen LogP contribution >= 0.6 is 0 Å². The van der Waals surface area contributed by atoms with Gasteiger partial charge in [-0.2, -0.15) is 0 Å². The van der Waals surface area contributed by atoms with Gasteiger partial charge >= 0.3 is 0 Å². The van der Waals surface area contributed by atoms with Crippen LogP contribution in [0, 0.1) is 11.3 Å². The number of carboxylic acid groups (broad SMARTS) is 1. The van der Waals surface area contributed by atoms with Gasteiger partial charge in [0.05, 0.1) is 11.9 Å². The first-order chi connectivity index (χ1) is 7.82. The molecule has 0 aliphatic rings. The minimum Gasteiger partial charge on any atom is -0.549 e. The molecule has 0 aromatic heterocycles. The average molecular weight is 251 g/mol. The van der Waals surface area contributed by atoms with Crippen LogP contribution < -0.4 is 11.3 Å². The number of ketones is 1. The van der Waals surface area contributed by atoms with Crippen LogP contribution in [0.5, 0.6) is 0 Å². The van der Waals surface area contributed by atoms with Gasteiger partial charge in [0.2, 0.25) is 0 Å². The van der Waals surface area contributed by atoms with Crippen LogP contribution in [0.15, 0.2) is 30.3 Å². The molecule has 0 saturated carbocycles. The van der Waals surface area contributed by atoms with E-state index < -0.39 is 17.3 Å². The molecule has 0 bridgehead atoms. The summed E-state index contributed by atoms with van der Waals surface area (Å²) in [4.78, 5) is 23.0. The molecular weight excluding hydrogens is 230 g/mol. The molecule has 0 amide bonds. The van der Waals surface area contributed by atoms with E-state index in [4.69, 9.17) is 0 Å². The molecular formula is C14H21NO3. The number of carboxylic acids is 1. The van der Waals surface area contributed by atoms with Crippen molar-refractivity contribution in [2.75, 3.05) is 0 Å². The summed E-state index contributed by atoms with van der Waals surface area (Å²) in [6, 6.07) is 9.12. The van der Waals surface area contributed by atoms with Crippen LogP contribution in [-0.2, 0) is 16.0 Å². The maximum Gasteiger partial charge on any atom is 0.147 e. The van der Waals surface area contributed by atoms with Gasteiger partial charge in [-0.1, -0.05) is 51.1 Å². The maximum absolute atomic E-state index is 12.0. The topological polar surface area (TPSA) is 93.7 Å². The van der Waals surface area contributed by atoms with Crippen LogP contribution in [0.2, 0.25) is 0 Å². The standard InChI is InChI=1S/C14H18O3.H3N/c1-14(2,3)12(15)11(13(16)17)9-10-7-5-4-6-8-10;/h4-8,11H,9H2,1-3H3,(H,16,17);1H3. The number of hydrogen-bond donors (Lipinski definition) is 1. The molecule has 1 aromatic carbocycles. The number of rotatable bonds is 4. The fourth-order valence-electron chi connectivity index (χ4n) is 1.66. The normalized spacial score (nSPS) is 12.4. The SMILES string of the molecule is CC(C)(C)C(=O)C(Cc1ccccc1)C(=O)[O-].[NH4+]. The number of quaternary nitrogens is 1. The Bertz CT molecular complexity index is 407. The highest BCUT2D eigenvalue weighted by atomic mass is 16.4. The Morgan fingerprint density at radius 2 is 1.67 bits per heavy atom. The quantitative estimate of drug-likeness (QED) is 0.823. The highest BCUT2D eigenvalue weighted by Gasteiger charge is 2.30. The summed E-state index contributed by atoms with van der Waals surface area (Å²) in [6.07, 6.45) is 0.194. The minimum absolute atomic E-state index is 0. The molecule has 1 rings (SSSR count). The van der Waals surface area contributed by atoms with Crippen LogP contribution in [0.25, 0.3) is 0 Å². The summed E-state index contributed by atoms with van der Waals surface area (Å²) in [5.74, 6) is -2.66. The first-order valence-corrected chi connectivity index (χ1v) is 5.61. The Kier molecular flexibility index (Phi) is 5.72. The first-order valence-electron chi connectivity index (χ1n) is 5.61. The maximum atomic E-state index is 12.0. The molecule has 4 heteroatoms. The smallest absolute Gasteiger partial charge is 0.147 e. The van der Waals surface area contributed by atoms with E-state index in [1.54, 1.807) is 20.8 Å². The van der Waals surface area contributed by atoms with Gasteiger partial charge in [-0.15, -0.1) is 0 Å². The number of Topliss-reactive ketones (excluding diaryl/α,β-unsaturated/α-hetero) is 1. The summed E-state index contributed by atoms with van der Waals surface area (Å²) < 4.78 is 0. The second-order valence-corrected chi connectivity index (χ2v) is 5.18. The van der Waals surface area contributed by atoms with E-state index in [1.165, 1.54) is 0 Å². The number of carbonyl (C=O) groups is 2. The molecule has 4 N–H and O–H groups in total. The van der Waals surface area contributed by atoms with Crippen molar-refractivity contribution in [3.8, 4) is 0 Å². The zero-order valence-electron chi connectivity index (χ0n) is 11.4. The third kappa shape index (κ3) is 4.30. The Balaban J connectivity index is 0.00000289. The van der Waals surface area contributed by atoms with Gasteiger partial charge in [-0.05, 0) is 12.0 Å². The van der Waals surface area contributed by atoms with Crippen molar-refractivity contribution in [1.29, 1.82) is 0 Å². The van der Waals surface area contributed by atoms with Crippen molar-refractivity contribution in [2.45, 2.75) is 27.2 Å². The lowest BCUT2D eigenvalue weighted by molar-refractivity contribution is -0.310. The summed E-state index contributed by atoms with van der Waals surface area (Å²) in [5.41, 5.74) is 0.166. The number of benzene rings is 1. The zero-order valence-corrected chi connectivity index (χ0v) is 11.4. The molecule has 0 fully saturated rings. The van der Waals surface area contributed by atoms with Crippen molar-refractivity contribution < 1.29 is 14.7 Å². The van der Waals surface area contributed by atoms with Gasteiger partial charge in [0.25, 0.3) is 0 Å². The van der Waals surface area contributed by atoms with E-state index in [-0.39, 0.29) is 18.4 Å². The summed E-state index contributed by atoms with van der Waals surface area (Å²) >= 11 is 0. The van der Waals surface area contributed by atoms with Gasteiger partial charge in [0.15, 0.2) is 0 Å². The van der Waals surface area contributed by atoms with Crippen molar-refractivity contribution in [2.24, 2.45) is 11.3 Å².